The monoisotopic (exact) mass is 385 g/mol. The average molecular weight is 386 g/mol. The van der Waals surface area contributed by atoms with Gasteiger partial charge in [0.15, 0.2) is 0 Å². The van der Waals surface area contributed by atoms with Crippen molar-refractivity contribution in [3.8, 4) is 0 Å². The van der Waals surface area contributed by atoms with E-state index in [1.807, 2.05) is 41.7 Å². The number of unbranched alkanes of at least 4 members (excludes halogenated alkanes) is 8. The highest BCUT2D eigenvalue weighted by Crippen LogP contribution is 2.17. The zero-order valence-corrected chi connectivity index (χ0v) is 19.8. The summed E-state index contributed by atoms with van der Waals surface area (Å²) >= 11 is 0. The third-order valence-corrected chi connectivity index (χ3v) is 4.70. The van der Waals surface area contributed by atoms with Crippen LogP contribution in [-0.4, -0.2) is 44.5 Å². The molecule has 1 aliphatic rings. The maximum absolute atomic E-state index is 9.83. The SMILES string of the molecule is CC.CC(C)(C)C=O.CCCCCCCCCCCN1CCC(COC)C1. The molecule has 1 saturated heterocycles. The Labute approximate surface area is 171 Å². The molecule has 3 heteroatoms. The van der Waals surface area contributed by atoms with Gasteiger partial charge in [0.2, 0.25) is 0 Å². The molecule has 1 fully saturated rings. The van der Waals surface area contributed by atoms with Crippen LogP contribution in [0.4, 0.5) is 0 Å². The lowest BCUT2D eigenvalue weighted by Gasteiger charge is -2.15. The molecule has 0 N–H and O–H groups in total. The lowest BCUT2D eigenvalue weighted by atomic mass is 10.0. The van der Waals surface area contributed by atoms with E-state index in [9.17, 15) is 4.79 Å². The number of rotatable bonds is 12. The van der Waals surface area contributed by atoms with E-state index >= 15 is 0 Å². The highest BCUT2D eigenvalue weighted by molar-refractivity contribution is 5.56. The molecule has 0 radical (unpaired) electrons. The smallest absolute Gasteiger partial charge is 0.125 e. The molecule has 0 bridgehead atoms. The van der Waals surface area contributed by atoms with Crippen LogP contribution in [0.15, 0.2) is 0 Å². The molecule has 1 rings (SSSR count). The van der Waals surface area contributed by atoms with Crippen LogP contribution < -0.4 is 0 Å². The topological polar surface area (TPSA) is 29.5 Å². The highest BCUT2D eigenvalue weighted by atomic mass is 16.5. The molecule has 0 aliphatic carbocycles. The van der Waals surface area contributed by atoms with Crippen molar-refractivity contribution < 1.29 is 9.53 Å². The predicted molar refractivity (Wildman–Crippen MR) is 121 cm³/mol. The van der Waals surface area contributed by atoms with Gasteiger partial charge in [-0.05, 0) is 31.8 Å². The number of carbonyl (C=O) groups excluding carboxylic acids is 1. The minimum atomic E-state index is -0.139. The van der Waals surface area contributed by atoms with Gasteiger partial charge in [-0.1, -0.05) is 92.9 Å². The van der Waals surface area contributed by atoms with E-state index < -0.39 is 0 Å². The van der Waals surface area contributed by atoms with Crippen LogP contribution in [-0.2, 0) is 9.53 Å². The molecule has 0 aromatic rings. The summed E-state index contributed by atoms with van der Waals surface area (Å²) in [6.45, 7) is 16.7. The standard InChI is InChI=1S/C17H35NO.C5H10O.C2H6/c1-3-4-5-6-7-8-9-10-11-13-18-14-12-17(15-18)16-19-2;1-5(2,3)4-6;1-2/h17H,3-16H2,1-2H3;4H,1-3H3;1-2H3. The lowest BCUT2D eigenvalue weighted by molar-refractivity contribution is -0.113. The normalized spacial score (nSPS) is 16.9. The van der Waals surface area contributed by atoms with Gasteiger partial charge in [-0.2, -0.15) is 0 Å². The summed E-state index contributed by atoms with van der Waals surface area (Å²) < 4.78 is 5.25. The van der Waals surface area contributed by atoms with Crippen molar-refractivity contribution in [2.45, 2.75) is 106 Å². The molecule has 164 valence electrons. The van der Waals surface area contributed by atoms with Crippen LogP contribution in [0, 0.1) is 11.3 Å². The van der Waals surface area contributed by atoms with E-state index in [2.05, 4.69) is 11.8 Å². The first-order valence-electron chi connectivity index (χ1n) is 11.6. The van der Waals surface area contributed by atoms with Gasteiger partial charge in [0.05, 0.1) is 6.61 Å². The van der Waals surface area contributed by atoms with Crippen LogP contribution in [0.3, 0.4) is 0 Å². The second-order valence-electron chi connectivity index (χ2n) is 8.72. The minimum Gasteiger partial charge on any atom is -0.384 e. The first kappa shape index (κ1) is 28.8. The Hall–Kier alpha value is -0.410. The first-order chi connectivity index (χ1) is 12.9. The molecule has 1 heterocycles. The van der Waals surface area contributed by atoms with Gasteiger partial charge in [0, 0.05) is 19.1 Å². The summed E-state index contributed by atoms with van der Waals surface area (Å²) in [5.41, 5.74) is -0.139. The largest absolute Gasteiger partial charge is 0.384 e. The number of likely N-dealkylation sites (tertiary alicyclic amines) is 1. The predicted octanol–water partition coefficient (Wildman–Crippen LogP) is 6.74. The Morgan fingerprint density at radius 1 is 0.963 bits per heavy atom. The van der Waals surface area contributed by atoms with E-state index in [0.29, 0.717) is 0 Å². The summed E-state index contributed by atoms with van der Waals surface area (Å²) in [5.74, 6) is 0.795. The van der Waals surface area contributed by atoms with Crippen LogP contribution in [0.5, 0.6) is 0 Å². The molecule has 1 atom stereocenters. The molecule has 1 aliphatic heterocycles. The number of hydrogen-bond acceptors (Lipinski definition) is 3. The van der Waals surface area contributed by atoms with Gasteiger partial charge in [-0.3, -0.25) is 0 Å². The van der Waals surface area contributed by atoms with Crippen molar-refractivity contribution in [2.24, 2.45) is 11.3 Å². The Morgan fingerprint density at radius 3 is 1.89 bits per heavy atom. The number of aldehydes is 1. The van der Waals surface area contributed by atoms with Crippen LogP contribution in [0.2, 0.25) is 0 Å². The molecule has 0 spiro atoms. The summed E-state index contributed by atoms with van der Waals surface area (Å²) in [7, 11) is 1.82. The Morgan fingerprint density at radius 2 is 1.44 bits per heavy atom. The van der Waals surface area contributed by atoms with E-state index in [-0.39, 0.29) is 5.41 Å². The number of methoxy groups -OCH3 is 1. The van der Waals surface area contributed by atoms with Gasteiger partial charge >= 0.3 is 0 Å². The Bertz CT molecular complexity index is 299. The molecule has 0 aromatic carbocycles. The number of nitrogens with zero attached hydrogens (tertiary/aromatic N) is 1. The van der Waals surface area contributed by atoms with E-state index in [1.54, 1.807) is 0 Å². The minimum absolute atomic E-state index is 0.139. The third kappa shape index (κ3) is 21.7. The molecule has 0 aromatic heterocycles. The molecule has 0 saturated carbocycles. The molecule has 1 unspecified atom stereocenters. The fourth-order valence-corrected chi connectivity index (χ4v) is 3.13. The van der Waals surface area contributed by atoms with Gasteiger partial charge in [-0.15, -0.1) is 0 Å². The molecule has 3 nitrogen and oxygen atoms in total. The maximum Gasteiger partial charge on any atom is 0.125 e. The Balaban J connectivity index is 0. The van der Waals surface area contributed by atoms with Gasteiger partial charge in [0.1, 0.15) is 6.29 Å². The summed E-state index contributed by atoms with van der Waals surface area (Å²) in [6, 6.07) is 0. The Kier molecular flexibility index (Phi) is 21.7. The summed E-state index contributed by atoms with van der Waals surface area (Å²) in [4.78, 5) is 12.5. The van der Waals surface area contributed by atoms with Gasteiger partial charge in [-0.25, -0.2) is 0 Å². The molecular weight excluding hydrogens is 334 g/mol. The fraction of sp³-hybridized carbons (Fsp3) is 0.958. The quantitative estimate of drug-likeness (QED) is 0.275. The zero-order chi connectivity index (χ0) is 21.0. The van der Waals surface area contributed by atoms with E-state index in [1.165, 1.54) is 83.8 Å². The summed E-state index contributed by atoms with van der Waals surface area (Å²) in [5, 5.41) is 0. The molecule has 0 amide bonds. The van der Waals surface area contributed by atoms with E-state index in [4.69, 9.17) is 4.74 Å². The van der Waals surface area contributed by atoms with Crippen LogP contribution in [0.25, 0.3) is 0 Å². The second-order valence-corrected chi connectivity index (χ2v) is 8.72. The average Bonchev–Trinajstić information content (AvgIpc) is 3.10. The van der Waals surface area contributed by atoms with Gasteiger partial charge in [0.25, 0.3) is 0 Å². The van der Waals surface area contributed by atoms with Crippen molar-refractivity contribution in [3.05, 3.63) is 0 Å². The zero-order valence-electron chi connectivity index (χ0n) is 19.8. The van der Waals surface area contributed by atoms with Crippen molar-refractivity contribution in [1.29, 1.82) is 0 Å². The third-order valence-electron chi connectivity index (χ3n) is 4.70. The second kappa shape index (κ2) is 20.3. The maximum atomic E-state index is 9.83. The molecular formula is C24H51NO2. The van der Waals surface area contributed by atoms with Crippen molar-refractivity contribution in [2.75, 3.05) is 33.4 Å². The molecule has 27 heavy (non-hydrogen) atoms. The number of hydrogen-bond donors (Lipinski definition) is 0. The number of carbonyl (C=O) groups is 1. The van der Waals surface area contributed by atoms with Crippen molar-refractivity contribution >= 4 is 6.29 Å². The first-order valence-corrected chi connectivity index (χ1v) is 11.6. The van der Waals surface area contributed by atoms with Crippen LogP contribution in [0.1, 0.15) is 106 Å². The fourth-order valence-electron chi connectivity index (χ4n) is 3.13. The van der Waals surface area contributed by atoms with Gasteiger partial charge < -0.3 is 14.4 Å². The number of ether oxygens (including phenoxy) is 1. The van der Waals surface area contributed by atoms with Crippen molar-refractivity contribution in [1.82, 2.24) is 4.90 Å². The van der Waals surface area contributed by atoms with Crippen molar-refractivity contribution in [3.63, 3.8) is 0 Å². The van der Waals surface area contributed by atoms with Crippen LogP contribution >= 0.6 is 0 Å². The van der Waals surface area contributed by atoms with E-state index in [0.717, 1.165) is 18.8 Å². The lowest BCUT2D eigenvalue weighted by Crippen LogP contribution is -2.22. The summed E-state index contributed by atoms with van der Waals surface area (Å²) in [6.07, 6.45) is 15.2. The highest BCUT2D eigenvalue weighted by Gasteiger charge is 2.21.